The van der Waals surface area contributed by atoms with Crippen molar-refractivity contribution in [2.45, 2.75) is 26.8 Å². The monoisotopic (exact) mass is 556 g/mol. The number of aryl methyl sites for hydroxylation is 2. The van der Waals surface area contributed by atoms with Gasteiger partial charge >= 0.3 is 11.9 Å². The number of carbonyl (C=O) groups is 4. The smallest absolute Gasteiger partial charge is 0.350 e. The number of amides is 1. The molecular weight excluding hydrogens is 531 g/mol. The number of hydrogen-bond acceptors (Lipinski definition) is 9. The van der Waals surface area contributed by atoms with Crippen LogP contribution in [0.3, 0.4) is 0 Å². The summed E-state index contributed by atoms with van der Waals surface area (Å²) in [5.74, 6) is -3.64. The third-order valence-corrected chi connectivity index (χ3v) is 6.80. The normalized spacial score (nSPS) is 15.9. The first-order valence-corrected chi connectivity index (χ1v) is 12.2. The molecule has 1 saturated heterocycles. The van der Waals surface area contributed by atoms with Crippen molar-refractivity contribution < 1.29 is 43.3 Å². The third-order valence-electron chi connectivity index (χ3n) is 5.66. The molecule has 12 heteroatoms. The van der Waals surface area contributed by atoms with Gasteiger partial charge in [0.25, 0.3) is 11.8 Å². The zero-order valence-corrected chi connectivity index (χ0v) is 22.5. The number of benzene rings is 2. The Hall–Kier alpha value is -4.58. The van der Waals surface area contributed by atoms with Crippen molar-refractivity contribution >= 4 is 45.9 Å². The molecule has 2 aromatic carbocycles. The zero-order chi connectivity index (χ0) is 29.0. The maximum atomic E-state index is 13.7. The van der Waals surface area contributed by atoms with Crippen molar-refractivity contribution in [1.29, 1.82) is 0 Å². The topological polar surface area (TPSA) is 143 Å². The van der Waals surface area contributed by atoms with Gasteiger partial charge in [0.15, 0.2) is 5.13 Å². The summed E-state index contributed by atoms with van der Waals surface area (Å²) in [6.07, 6.45) is 0. The molecule has 0 bridgehead atoms. The number of halogens is 1. The van der Waals surface area contributed by atoms with E-state index in [9.17, 15) is 23.9 Å². The van der Waals surface area contributed by atoms with Crippen LogP contribution in [-0.4, -0.2) is 53.0 Å². The first-order valence-electron chi connectivity index (χ1n) is 11.4. The number of aliphatic hydroxyl groups is 1. The van der Waals surface area contributed by atoms with Crippen LogP contribution in [0.5, 0.6) is 5.75 Å². The highest BCUT2D eigenvalue weighted by Gasteiger charge is 2.48. The lowest BCUT2D eigenvalue weighted by Gasteiger charge is -2.23. The SMILES string of the molecule is CC(=O)O.COC(=O)c1sc(N2C(=O)C(=O)C(=C(O)c3ccc(OC)c(C)c3)C2c2ccc(F)cc2)nc1C. The van der Waals surface area contributed by atoms with Gasteiger partial charge in [-0.05, 0) is 55.3 Å². The van der Waals surface area contributed by atoms with Gasteiger partial charge in [-0.25, -0.2) is 14.2 Å². The number of hydrogen-bond donors (Lipinski definition) is 2. The van der Waals surface area contributed by atoms with E-state index in [0.29, 0.717) is 28.1 Å². The summed E-state index contributed by atoms with van der Waals surface area (Å²) >= 11 is 0.886. The number of carbonyl (C=O) groups excluding carboxylic acids is 3. The fourth-order valence-electron chi connectivity index (χ4n) is 3.94. The molecule has 1 aromatic heterocycles. The van der Waals surface area contributed by atoms with Gasteiger partial charge < -0.3 is 19.7 Å². The minimum Gasteiger partial charge on any atom is -0.507 e. The molecule has 1 amide bonds. The quantitative estimate of drug-likeness (QED) is 0.202. The number of ketones is 1. The molecule has 1 aliphatic rings. The van der Waals surface area contributed by atoms with Crippen LogP contribution in [-0.2, 0) is 19.1 Å². The van der Waals surface area contributed by atoms with Crippen LogP contribution >= 0.6 is 11.3 Å². The van der Waals surface area contributed by atoms with Gasteiger partial charge in [-0.3, -0.25) is 19.3 Å². The number of aliphatic hydroxyl groups excluding tert-OH is 1. The highest BCUT2D eigenvalue weighted by atomic mass is 32.1. The van der Waals surface area contributed by atoms with Gasteiger partial charge in [-0.1, -0.05) is 23.5 Å². The van der Waals surface area contributed by atoms with Gasteiger partial charge in [0.2, 0.25) is 0 Å². The van der Waals surface area contributed by atoms with Crippen LogP contribution in [0.1, 0.15) is 45.0 Å². The summed E-state index contributed by atoms with van der Waals surface area (Å²) in [6, 6.07) is 8.97. The summed E-state index contributed by atoms with van der Waals surface area (Å²) in [4.78, 5) is 53.2. The summed E-state index contributed by atoms with van der Waals surface area (Å²) in [7, 11) is 2.74. The fraction of sp³-hybridized carbons (Fsp3) is 0.222. The highest BCUT2D eigenvalue weighted by molar-refractivity contribution is 7.17. The molecule has 0 aliphatic carbocycles. The van der Waals surface area contributed by atoms with E-state index in [0.717, 1.165) is 23.2 Å². The molecule has 39 heavy (non-hydrogen) atoms. The minimum atomic E-state index is -1.10. The predicted molar refractivity (Wildman–Crippen MR) is 140 cm³/mol. The molecular formula is C27H25FN2O8S. The Morgan fingerprint density at radius 2 is 1.67 bits per heavy atom. The Morgan fingerprint density at radius 3 is 2.21 bits per heavy atom. The first-order chi connectivity index (χ1) is 18.4. The second kappa shape index (κ2) is 11.9. The Kier molecular flexibility index (Phi) is 8.81. The van der Waals surface area contributed by atoms with Crippen molar-refractivity contribution in [2.75, 3.05) is 19.1 Å². The number of Topliss-reactive ketones (excluding diaryl/α,β-unsaturated/α-hetero) is 1. The molecule has 1 aliphatic heterocycles. The number of rotatable bonds is 5. The Bertz CT molecular complexity index is 1480. The number of thiazole rings is 1. The third kappa shape index (κ3) is 5.96. The summed E-state index contributed by atoms with van der Waals surface area (Å²) in [5, 5.41) is 18.7. The van der Waals surface area contributed by atoms with E-state index >= 15 is 0 Å². The Balaban J connectivity index is 0.000000983. The largest absolute Gasteiger partial charge is 0.507 e. The Labute approximate surface area is 226 Å². The second-order valence-corrected chi connectivity index (χ2v) is 9.30. The second-order valence-electron chi connectivity index (χ2n) is 8.33. The van der Waals surface area contributed by atoms with Crippen LogP contribution < -0.4 is 9.64 Å². The highest BCUT2D eigenvalue weighted by Crippen LogP contribution is 2.44. The Morgan fingerprint density at radius 1 is 1.05 bits per heavy atom. The number of carboxylic acids is 1. The molecule has 3 aromatic rings. The molecule has 2 N–H and O–H groups in total. The molecule has 204 valence electrons. The van der Waals surface area contributed by atoms with Gasteiger partial charge in [0.1, 0.15) is 22.2 Å². The van der Waals surface area contributed by atoms with Gasteiger partial charge in [-0.2, -0.15) is 0 Å². The average Bonchev–Trinajstić information content (AvgIpc) is 3.39. The molecule has 0 spiro atoms. The summed E-state index contributed by atoms with van der Waals surface area (Å²) in [5.41, 5.74) is 1.53. The molecule has 1 atom stereocenters. The molecule has 0 radical (unpaired) electrons. The maximum Gasteiger partial charge on any atom is 0.350 e. The van der Waals surface area contributed by atoms with E-state index in [2.05, 4.69) is 4.98 Å². The van der Waals surface area contributed by atoms with Crippen LogP contribution in [0, 0.1) is 19.7 Å². The fourth-order valence-corrected chi connectivity index (χ4v) is 4.95. The number of carboxylic acid groups (broad SMARTS) is 1. The standard InChI is InChI=1S/C25H21FN2O6S.C2H4O2/c1-12-11-15(7-10-17(12)33-3)20(29)18-19(14-5-8-16(26)9-6-14)28(23(31)21(18)30)25-27-13(2)22(35-25)24(32)34-4;1-2(3)4/h5-11,19,29H,1-4H3;1H3,(H,3,4). The number of esters is 1. The maximum absolute atomic E-state index is 13.7. The van der Waals surface area contributed by atoms with Crippen LogP contribution in [0.15, 0.2) is 48.0 Å². The van der Waals surface area contributed by atoms with Crippen molar-refractivity contribution in [3.63, 3.8) is 0 Å². The molecule has 1 unspecified atom stereocenters. The molecule has 2 heterocycles. The van der Waals surface area contributed by atoms with Crippen molar-refractivity contribution in [2.24, 2.45) is 0 Å². The first kappa shape index (κ1) is 29.0. The lowest BCUT2D eigenvalue weighted by atomic mass is 9.95. The summed E-state index contributed by atoms with van der Waals surface area (Å²) in [6.45, 7) is 4.44. The van der Waals surface area contributed by atoms with Crippen LogP contribution in [0.25, 0.3) is 5.76 Å². The number of aromatic nitrogens is 1. The average molecular weight is 557 g/mol. The van der Waals surface area contributed by atoms with Crippen molar-refractivity contribution in [3.8, 4) is 5.75 Å². The predicted octanol–water partition coefficient (Wildman–Crippen LogP) is 4.41. The molecule has 4 rings (SSSR count). The van der Waals surface area contributed by atoms with Gasteiger partial charge in [0.05, 0.1) is 31.5 Å². The van der Waals surface area contributed by atoms with Gasteiger partial charge in [-0.15, -0.1) is 0 Å². The van der Waals surface area contributed by atoms with E-state index in [-0.39, 0.29) is 15.6 Å². The molecule has 1 fully saturated rings. The zero-order valence-electron chi connectivity index (χ0n) is 21.6. The number of anilines is 1. The van der Waals surface area contributed by atoms with E-state index in [4.69, 9.17) is 19.4 Å². The van der Waals surface area contributed by atoms with Crippen LogP contribution in [0.4, 0.5) is 9.52 Å². The number of nitrogens with zero attached hydrogens (tertiary/aromatic N) is 2. The molecule has 10 nitrogen and oxygen atoms in total. The number of methoxy groups -OCH3 is 2. The van der Waals surface area contributed by atoms with Crippen molar-refractivity contribution in [1.82, 2.24) is 4.98 Å². The minimum absolute atomic E-state index is 0.0734. The number of aliphatic carboxylic acids is 1. The van der Waals surface area contributed by atoms with E-state index in [1.807, 2.05) is 0 Å². The van der Waals surface area contributed by atoms with E-state index < -0.39 is 41.2 Å². The van der Waals surface area contributed by atoms with Crippen molar-refractivity contribution in [3.05, 3.63) is 81.1 Å². The lowest BCUT2D eigenvalue weighted by molar-refractivity contribution is -0.134. The molecule has 0 saturated carbocycles. The van der Waals surface area contributed by atoms with E-state index in [1.165, 1.54) is 38.5 Å². The summed E-state index contributed by atoms with van der Waals surface area (Å²) < 4.78 is 23.7. The van der Waals surface area contributed by atoms with E-state index in [1.54, 1.807) is 32.0 Å². The van der Waals surface area contributed by atoms with Gasteiger partial charge in [0, 0.05) is 12.5 Å². The van der Waals surface area contributed by atoms with Crippen LogP contribution in [0.2, 0.25) is 0 Å². The number of ether oxygens (including phenoxy) is 2. The lowest BCUT2D eigenvalue weighted by Crippen LogP contribution is -2.29.